The molecule has 0 aromatic heterocycles. The Kier molecular flexibility index (Phi) is 4.27. The van der Waals surface area contributed by atoms with E-state index in [4.69, 9.17) is 0 Å². The number of carbonyl (C=O) groups is 1. The maximum Gasteiger partial charge on any atom is 0.238 e. The lowest BCUT2D eigenvalue weighted by molar-refractivity contribution is -0.117. The molecule has 2 aliphatic rings. The van der Waals surface area contributed by atoms with Gasteiger partial charge in [0.25, 0.3) is 0 Å². The number of likely N-dealkylation sites (tertiary alicyclic amines) is 1. The minimum Gasteiger partial charge on any atom is -0.324 e. The fourth-order valence-electron chi connectivity index (χ4n) is 3.55. The number of anilines is 1. The van der Waals surface area contributed by atoms with Crippen molar-refractivity contribution in [3.8, 4) is 0 Å². The molecule has 3 rings (SSSR count). The number of nitrogens with one attached hydrogen (secondary N) is 2. The van der Waals surface area contributed by atoms with Gasteiger partial charge < -0.3 is 10.6 Å². The normalized spacial score (nSPS) is 25.6. The van der Waals surface area contributed by atoms with Crippen molar-refractivity contribution in [2.75, 3.05) is 25.0 Å². The summed E-state index contributed by atoms with van der Waals surface area (Å²) >= 11 is 0. The van der Waals surface area contributed by atoms with E-state index in [1.165, 1.54) is 12.8 Å². The van der Waals surface area contributed by atoms with Gasteiger partial charge in [-0.2, -0.15) is 0 Å². The molecule has 1 aromatic carbocycles. The number of fused-ring (bicyclic) bond motifs is 2. The van der Waals surface area contributed by atoms with Crippen LogP contribution in [0.3, 0.4) is 0 Å². The molecule has 2 fully saturated rings. The van der Waals surface area contributed by atoms with Crippen molar-refractivity contribution in [3.05, 3.63) is 29.3 Å². The molecule has 2 heterocycles. The number of nitrogens with zero attached hydrogens (tertiary/aromatic N) is 1. The number of carbonyl (C=O) groups excluding carboxylic acids is 1. The van der Waals surface area contributed by atoms with Gasteiger partial charge in [0.15, 0.2) is 0 Å². The Bertz CT molecular complexity index is 509. The lowest BCUT2D eigenvalue weighted by atomic mass is 10.1. The van der Waals surface area contributed by atoms with E-state index in [0.717, 1.165) is 36.3 Å². The summed E-state index contributed by atoms with van der Waals surface area (Å²) in [5, 5.41) is 6.74. The van der Waals surface area contributed by atoms with Crippen LogP contribution in [-0.2, 0) is 4.79 Å². The summed E-state index contributed by atoms with van der Waals surface area (Å²) in [6.45, 7) is 6.60. The average Bonchev–Trinajstić information content (AvgIpc) is 2.77. The summed E-state index contributed by atoms with van der Waals surface area (Å²) in [7, 11) is 0. The summed E-state index contributed by atoms with van der Waals surface area (Å²) in [5.74, 6) is 0.102. The van der Waals surface area contributed by atoms with Gasteiger partial charge in [0.2, 0.25) is 5.91 Å². The second kappa shape index (κ2) is 6.16. The number of hydrogen-bond acceptors (Lipinski definition) is 3. The molecule has 114 valence electrons. The molecule has 2 saturated heterocycles. The average molecular weight is 287 g/mol. The van der Waals surface area contributed by atoms with E-state index in [0.29, 0.717) is 18.6 Å². The van der Waals surface area contributed by atoms with Crippen molar-refractivity contribution in [2.24, 2.45) is 0 Å². The van der Waals surface area contributed by atoms with Gasteiger partial charge in [0.1, 0.15) is 0 Å². The fourth-order valence-corrected chi connectivity index (χ4v) is 3.55. The van der Waals surface area contributed by atoms with Gasteiger partial charge in [-0.15, -0.1) is 0 Å². The summed E-state index contributed by atoms with van der Waals surface area (Å²) in [6.07, 6.45) is 3.71. The zero-order valence-electron chi connectivity index (χ0n) is 13.0. The number of para-hydroxylation sites is 1. The van der Waals surface area contributed by atoms with Gasteiger partial charge in [0.05, 0.1) is 6.54 Å². The van der Waals surface area contributed by atoms with E-state index in [-0.39, 0.29) is 5.91 Å². The van der Waals surface area contributed by atoms with E-state index >= 15 is 0 Å². The highest BCUT2D eigenvalue weighted by Crippen LogP contribution is 2.21. The van der Waals surface area contributed by atoms with E-state index in [1.54, 1.807) is 0 Å². The first kappa shape index (κ1) is 14.5. The first-order valence-electron chi connectivity index (χ1n) is 7.96. The van der Waals surface area contributed by atoms with Gasteiger partial charge in [0, 0.05) is 30.9 Å². The third kappa shape index (κ3) is 3.44. The van der Waals surface area contributed by atoms with Gasteiger partial charge in [-0.1, -0.05) is 18.2 Å². The van der Waals surface area contributed by atoms with Crippen LogP contribution in [0.1, 0.15) is 30.4 Å². The highest BCUT2D eigenvalue weighted by atomic mass is 16.2. The minimum atomic E-state index is 0.102. The standard InChI is InChI=1S/C17H25N3O/c1-12-4-3-5-13(2)17(12)19-16(21)11-20-9-8-14-6-7-15(10-20)18-14/h3-5,14-15,18H,6-11H2,1-2H3,(H,19,21). The van der Waals surface area contributed by atoms with Crippen LogP contribution in [0.15, 0.2) is 18.2 Å². The van der Waals surface area contributed by atoms with Crippen molar-refractivity contribution in [1.82, 2.24) is 10.2 Å². The predicted octanol–water partition coefficient (Wildman–Crippen LogP) is 2.07. The van der Waals surface area contributed by atoms with Crippen LogP contribution in [0.2, 0.25) is 0 Å². The van der Waals surface area contributed by atoms with Crippen molar-refractivity contribution < 1.29 is 4.79 Å². The molecule has 0 radical (unpaired) electrons. The second-order valence-corrected chi connectivity index (χ2v) is 6.48. The Morgan fingerprint density at radius 3 is 2.71 bits per heavy atom. The molecular formula is C17H25N3O. The van der Waals surface area contributed by atoms with Crippen LogP contribution >= 0.6 is 0 Å². The SMILES string of the molecule is Cc1cccc(C)c1NC(=O)CN1CCC2CCC(C1)N2. The van der Waals surface area contributed by atoms with Crippen LogP contribution in [0.4, 0.5) is 5.69 Å². The molecule has 4 heteroatoms. The Morgan fingerprint density at radius 1 is 1.24 bits per heavy atom. The first-order chi connectivity index (χ1) is 10.1. The molecule has 1 aromatic rings. The molecule has 21 heavy (non-hydrogen) atoms. The number of amides is 1. The van der Waals surface area contributed by atoms with E-state index in [9.17, 15) is 4.79 Å². The van der Waals surface area contributed by atoms with Crippen molar-refractivity contribution >= 4 is 11.6 Å². The molecule has 1 amide bonds. The maximum absolute atomic E-state index is 12.3. The molecule has 2 aliphatic heterocycles. The Morgan fingerprint density at radius 2 is 1.95 bits per heavy atom. The number of rotatable bonds is 3. The van der Waals surface area contributed by atoms with Crippen molar-refractivity contribution in [2.45, 2.75) is 45.2 Å². The molecule has 0 spiro atoms. The lowest BCUT2D eigenvalue weighted by Crippen LogP contribution is -2.39. The quantitative estimate of drug-likeness (QED) is 0.894. The second-order valence-electron chi connectivity index (χ2n) is 6.48. The maximum atomic E-state index is 12.3. The zero-order valence-corrected chi connectivity index (χ0v) is 13.0. The minimum absolute atomic E-state index is 0.102. The molecular weight excluding hydrogens is 262 g/mol. The summed E-state index contributed by atoms with van der Waals surface area (Å²) in [4.78, 5) is 14.6. The van der Waals surface area contributed by atoms with Crippen molar-refractivity contribution in [3.63, 3.8) is 0 Å². The Hall–Kier alpha value is -1.39. The highest BCUT2D eigenvalue weighted by Gasteiger charge is 2.29. The topological polar surface area (TPSA) is 44.4 Å². The van der Waals surface area contributed by atoms with Crippen LogP contribution in [0.25, 0.3) is 0 Å². The van der Waals surface area contributed by atoms with Crippen LogP contribution in [-0.4, -0.2) is 42.5 Å². The third-order valence-electron chi connectivity index (χ3n) is 4.72. The Labute approximate surface area is 126 Å². The van der Waals surface area contributed by atoms with Gasteiger partial charge in [-0.05, 0) is 44.2 Å². The molecule has 0 saturated carbocycles. The summed E-state index contributed by atoms with van der Waals surface area (Å²) < 4.78 is 0. The predicted molar refractivity (Wildman–Crippen MR) is 85.5 cm³/mol. The van der Waals surface area contributed by atoms with Gasteiger partial charge in [-0.3, -0.25) is 9.69 Å². The highest BCUT2D eigenvalue weighted by molar-refractivity contribution is 5.93. The van der Waals surface area contributed by atoms with Crippen LogP contribution in [0, 0.1) is 13.8 Å². The molecule has 0 aliphatic carbocycles. The largest absolute Gasteiger partial charge is 0.324 e. The molecule has 2 N–H and O–H groups in total. The number of hydrogen-bond donors (Lipinski definition) is 2. The molecule has 4 nitrogen and oxygen atoms in total. The van der Waals surface area contributed by atoms with Crippen molar-refractivity contribution in [1.29, 1.82) is 0 Å². The van der Waals surface area contributed by atoms with Crippen LogP contribution < -0.4 is 10.6 Å². The van der Waals surface area contributed by atoms with Crippen LogP contribution in [0.5, 0.6) is 0 Å². The molecule has 2 unspecified atom stereocenters. The van der Waals surface area contributed by atoms with Gasteiger partial charge >= 0.3 is 0 Å². The van der Waals surface area contributed by atoms with Gasteiger partial charge in [-0.25, -0.2) is 0 Å². The van der Waals surface area contributed by atoms with E-state index in [1.807, 2.05) is 32.0 Å². The van der Waals surface area contributed by atoms with E-state index < -0.39 is 0 Å². The summed E-state index contributed by atoms with van der Waals surface area (Å²) in [6, 6.07) is 7.35. The van der Waals surface area contributed by atoms with E-state index in [2.05, 4.69) is 15.5 Å². The number of benzene rings is 1. The summed E-state index contributed by atoms with van der Waals surface area (Å²) in [5.41, 5.74) is 3.22. The monoisotopic (exact) mass is 287 g/mol. The first-order valence-corrected chi connectivity index (χ1v) is 7.96. The Balaban J connectivity index is 1.59. The fraction of sp³-hybridized carbons (Fsp3) is 0.588. The molecule has 2 bridgehead atoms. The molecule has 2 atom stereocenters. The number of aryl methyl sites for hydroxylation is 2. The third-order valence-corrected chi connectivity index (χ3v) is 4.72. The smallest absolute Gasteiger partial charge is 0.238 e. The zero-order chi connectivity index (χ0) is 14.8. The lowest BCUT2D eigenvalue weighted by Gasteiger charge is -2.23.